The normalized spacial score (nSPS) is 18.2. The fraction of sp³-hybridized carbons (Fsp3) is 0.429. The van der Waals surface area contributed by atoms with E-state index in [9.17, 15) is 50.1 Å². The average molecular weight is 660 g/mol. The monoisotopic (exact) mass is 659 g/mol. The smallest absolute Gasteiger partial charge is 0.396 e. The van der Waals surface area contributed by atoms with Gasteiger partial charge in [-0.05, 0) is 61.2 Å². The summed E-state index contributed by atoms with van der Waals surface area (Å²) in [5.41, 5.74) is -2.90. The van der Waals surface area contributed by atoms with Gasteiger partial charge in [-0.1, -0.05) is 18.2 Å². The second-order valence-corrected chi connectivity index (χ2v) is 14.8. The van der Waals surface area contributed by atoms with E-state index in [0.717, 1.165) is 21.8 Å². The molecule has 16 heteroatoms. The number of nitrogens with one attached hydrogen (secondary N) is 1. The van der Waals surface area contributed by atoms with Crippen LogP contribution in [0.25, 0.3) is 6.08 Å². The van der Waals surface area contributed by atoms with Gasteiger partial charge in [0.1, 0.15) is 11.4 Å². The predicted molar refractivity (Wildman–Crippen MR) is 155 cm³/mol. The molecule has 2 aromatic rings. The van der Waals surface area contributed by atoms with Crippen LogP contribution in [-0.4, -0.2) is 92.4 Å². The molecule has 44 heavy (non-hydrogen) atoms. The summed E-state index contributed by atoms with van der Waals surface area (Å²) in [5, 5.41) is 32.0. The molecule has 2 aliphatic rings. The van der Waals surface area contributed by atoms with Crippen molar-refractivity contribution in [3.63, 3.8) is 0 Å². The quantitative estimate of drug-likeness (QED) is 0.297. The van der Waals surface area contributed by atoms with Gasteiger partial charge in [0, 0.05) is 24.1 Å². The second kappa shape index (κ2) is 12.3. The molecular formula is C28H32F3N3O8S2. The molecule has 0 unspecified atom stereocenters. The molecule has 240 valence electrons. The number of sulfonamides is 1. The molecule has 1 spiro atoms. The van der Waals surface area contributed by atoms with Gasteiger partial charge in [0.2, 0.25) is 10.0 Å². The van der Waals surface area contributed by atoms with Crippen LogP contribution in [0, 0.1) is 12.3 Å². The van der Waals surface area contributed by atoms with Gasteiger partial charge in [0.15, 0.2) is 9.84 Å². The Morgan fingerprint density at radius 1 is 1.00 bits per heavy atom. The number of rotatable bonds is 10. The fourth-order valence-corrected chi connectivity index (χ4v) is 8.05. The summed E-state index contributed by atoms with van der Waals surface area (Å²) in [6, 6.07) is 8.39. The number of hydrogen-bond acceptors (Lipinski definition) is 9. The lowest BCUT2D eigenvalue weighted by Crippen LogP contribution is -2.50. The summed E-state index contributed by atoms with van der Waals surface area (Å²) in [5.74, 6) is -1.22. The first-order valence-electron chi connectivity index (χ1n) is 13.4. The summed E-state index contributed by atoms with van der Waals surface area (Å²) in [6.45, 7) is -0.810. The van der Waals surface area contributed by atoms with Crippen molar-refractivity contribution in [1.29, 1.82) is 0 Å². The molecule has 0 atom stereocenters. The Bertz CT molecular complexity index is 1690. The molecule has 0 radical (unpaired) electrons. The number of nitrogens with zero attached hydrogens (tertiary/aromatic N) is 2. The number of amides is 1. The molecule has 1 fully saturated rings. The molecule has 4 N–H and O–H groups in total. The van der Waals surface area contributed by atoms with Gasteiger partial charge < -0.3 is 20.6 Å². The van der Waals surface area contributed by atoms with Gasteiger partial charge in [0.25, 0.3) is 5.91 Å². The largest absolute Gasteiger partial charge is 0.416 e. The highest BCUT2D eigenvalue weighted by atomic mass is 32.2. The van der Waals surface area contributed by atoms with Gasteiger partial charge in [-0.3, -0.25) is 9.79 Å². The van der Waals surface area contributed by atoms with E-state index in [0.29, 0.717) is 11.1 Å². The number of aliphatic hydroxyl groups excluding tert-OH is 3. The zero-order valence-corrected chi connectivity index (χ0v) is 25.2. The van der Waals surface area contributed by atoms with Gasteiger partial charge >= 0.3 is 6.18 Å². The Morgan fingerprint density at radius 2 is 1.64 bits per heavy atom. The molecule has 1 amide bonds. The van der Waals surface area contributed by atoms with Gasteiger partial charge in [0.05, 0.1) is 41.4 Å². The number of sulfone groups is 1. The molecule has 0 bridgehead atoms. The highest BCUT2D eigenvalue weighted by Gasteiger charge is 2.47. The highest BCUT2D eigenvalue weighted by molar-refractivity contribution is 7.92. The first-order chi connectivity index (χ1) is 20.5. The highest BCUT2D eigenvalue weighted by Crippen LogP contribution is 2.34. The number of halogens is 3. The van der Waals surface area contributed by atoms with Crippen LogP contribution < -0.4 is 5.32 Å². The zero-order valence-electron chi connectivity index (χ0n) is 23.6. The van der Waals surface area contributed by atoms with Crippen molar-refractivity contribution in [2.24, 2.45) is 10.4 Å². The third kappa shape index (κ3) is 6.89. The maximum Gasteiger partial charge on any atom is 0.416 e. The molecule has 11 nitrogen and oxygen atoms in total. The van der Waals surface area contributed by atoms with Crippen molar-refractivity contribution in [3.8, 4) is 0 Å². The lowest BCUT2D eigenvalue weighted by atomic mass is 9.89. The molecule has 1 saturated heterocycles. The summed E-state index contributed by atoms with van der Waals surface area (Å²) >= 11 is 0. The molecule has 0 saturated carbocycles. The number of aryl methyl sites for hydroxylation is 1. The van der Waals surface area contributed by atoms with E-state index in [1.165, 1.54) is 36.4 Å². The number of carbonyl (C=O) groups is 1. The summed E-state index contributed by atoms with van der Waals surface area (Å²) < 4.78 is 92.5. The van der Waals surface area contributed by atoms with Crippen LogP contribution in [-0.2, 0) is 30.8 Å². The topological polar surface area (TPSA) is 174 Å². The lowest BCUT2D eigenvalue weighted by molar-refractivity contribution is -0.137. The van der Waals surface area contributed by atoms with E-state index in [2.05, 4.69) is 10.3 Å². The van der Waals surface area contributed by atoms with Crippen molar-refractivity contribution in [1.82, 2.24) is 9.62 Å². The van der Waals surface area contributed by atoms with Gasteiger partial charge in [-0.25, -0.2) is 16.8 Å². The first-order valence-corrected chi connectivity index (χ1v) is 16.6. The van der Waals surface area contributed by atoms with Crippen LogP contribution in [0.5, 0.6) is 0 Å². The van der Waals surface area contributed by atoms with Gasteiger partial charge in [-0.2, -0.15) is 17.5 Å². The molecule has 0 aliphatic carbocycles. The van der Waals surface area contributed by atoms with Crippen LogP contribution in [0.4, 0.5) is 13.2 Å². The van der Waals surface area contributed by atoms with E-state index in [1.807, 2.05) is 0 Å². The Hall–Kier alpha value is -3.15. The number of carbonyl (C=O) groups excluding carboxylic acids is 1. The molecule has 2 aliphatic heterocycles. The first kappa shape index (κ1) is 33.7. The maximum absolute atomic E-state index is 13.1. The number of amidine groups is 1. The van der Waals surface area contributed by atoms with Crippen LogP contribution in [0.3, 0.4) is 0 Å². The molecular weight excluding hydrogens is 627 g/mol. The predicted octanol–water partition coefficient (Wildman–Crippen LogP) is 1.46. The van der Waals surface area contributed by atoms with Crippen molar-refractivity contribution in [2.45, 2.75) is 36.4 Å². The summed E-state index contributed by atoms with van der Waals surface area (Å²) in [7, 11) is -8.00. The molecule has 0 aromatic heterocycles. The Labute approximate surface area is 252 Å². The third-order valence-electron chi connectivity index (χ3n) is 7.88. The number of aliphatic imine (C=N–C) groups is 1. The van der Waals surface area contributed by atoms with Crippen LogP contribution in [0.2, 0.25) is 0 Å². The van der Waals surface area contributed by atoms with Crippen molar-refractivity contribution >= 4 is 37.7 Å². The van der Waals surface area contributed by atoms with E-state index in [1.54, 1.807) is 6.92 Å². The molecule has 4 rings (SSSR count). The Kier molecular flexibility index (Phi) is 9.45. The van der Waals surface area contributed by atoms with Crippen molar-refractivity contribution in [3.05, 3.63) is 70.1 Å². The number of aliphatic hydroxyl groups is 3. The third-order valence-corrected chi connectivity index (χ3v) is 11.4. The summed E-state index contributed by atoms with van der Waals surface area (Å²) in [6.07, 6.45) is -3.25. The minimum absolute atomic E-state index is 0.00647. The number of benzene rings is 2. The van der Waals surface area contributed by atoms with Crippen LogP contribution >= 0.6 is 0 Å². The number of alkyl halides is 3. The molecule has 2 heterocycles. The molecule has 2 aromatic carbocycles. The van der Waals surface area contributed by atoms with E-state index < -0.39 is 74.0 Å². The zero-order chi connectivity index (χ0) is 32.6. The Morgan fingerprint density at radius 3 is 2.20 bits per heavy atom. The Balaban J connectivity index is 1.46. The van der Waals surface area contributed by atoms with Crippen LogP contribution in [0.1, 0.15) is 35.1 Å². The number of hydrogen-bond donors (Lipinski definition) is 4. The average Bonchev–Trinajstić information content (AvgIpc) is 3.30. The number of piperidine rings is 1. The fourth-order valence-electron chi connectivity index (χ4n) is 4.99. The van der Waals surface area contributed by atoms with E-state index in [4.69, 9.17) is 0 Å². The van der Waals surface area contributed by atoms with Crippen LogP contribution in [0.15, 0.2) is 57.8 Å². The maximum atomic E-state index is 13.1. The summed E-state index contributed by atoms with van der Waals surface area (Å²) in [4.78, 5) is 17.1. The van der Waals surface area contributed by atoms with E-state index >= 15 is 0 Å². The SMILES string of the molecule is Cc1cc(S(=O)(=O)CC(CO)(CO)CO)ccc1/C=C/S(=O)(=O)N1CCC2(CC1)N=C(c1cccc(C(F)(F)F)c1)NC2=O. The van der Waals surface area contributed by atoms with Crippen molar-refractivity contribution in [2.75, 3.05) is 38.7 Å². The second-order valence-electron chi connectivity index (χ2n) is 11.0. The minimum Gasteiger partial charge on any atom is -0.396 e. The van der Waals surface area contributed by atoms with Gasteiger partial charge in [-0.15, -0.1) is 0 Å². The lowest BCUT2D eigenvalue weighted by Gasteiger charge is -2.34. The van der Waals surface area contributed by atoms with Crippen molar-refractivity contribution < 1.29 is 50.1 Å². The van der Waals surface area contributed by atoms with E-state index in [-0.39, 0.29) is 42.2 Å². The minimum atomic E-state index is -4.57. The standard InChI is InChI=1S/C28H32F3N3O8S2/c1-19-13-23(43(39,40)18-26(15-35,16-36)17-37)6-5-20(19)7-12-44(41,42)34-10-8-27(9-11-34)25(38)32-24(33-27)21-3-2-4-22(14-21)28(29,30)31/h2-7,12-14,35-37H,8-11,15-18H2,1H3,(H,32,33,38)/b12-7+.